The minimum absolute atomic E-state index is 0.244. The summed E-state index contributed by atoms with van der Waals surface area (Å²) >= 11 is 0. The van der Waals surface area contributed by atoms with Gasteiger partial charge in [-0.1, -0.05) is 31.9 Å². The van der Waals surface area contributed by atoms with Crippen LogP contribution in [-0.2, 0) is 22.6 Å². The maximum Gasteiger partial charge on any atom is 0.338 e. The molecule has 5 rings (SSSR count). The molecule has 3 heterocycles. The molecule has 0 spiro atoms. The van der Waals surface area contributed by atoms with E-state index in [1.54, 1.807) is 0 Å². The van der Waals surface area contributed by atoms with Gasteiger partial charge in [0.2, 0.25) is 0 Å². The van der Waals surface area contributed by atoms with Gasteiger partial charge < -0.3 is 13.9 Å². The number of rotatable bonds is 7. The maximum atomic E-state index is 11.8. The summed E-state index contributed by atoms with van der Waals surface area (Å²) in [4.78, 5) is 14.3. The van der Waals surface area contributed by atoms with Crippen molar-refractivity contribution in [3.63, 3.8) is 0 Å². The van der Waals surface area contributed by atoms with Gasteiger partial charge in [-0.05, 0) is 43.4 Å². The Morgan fingerprint density at radius 2 is 2.03 bits per heavy atom. The van der Waals surface area contributed by atoms with Crippen LogP contribution in [0.25, 0.3) is 11.3 Å². The summed E-state index contributed by atoms with van der Waals surface area (Å²) in [7, 11) is 0. The molecule has 0 N–H and O–H groups in total. The monoisotopic (exact) mass is 395 g/mol. The van der Waals surface area contributed by atoms with Crippen molar-refractivity contribution < 1.29 is 18.7 Å². The van der Waals surface area contributed by atoms with E-state index in [9.17, 15) is 4.79 Å². The molecule has 1 saturated heterocycles. The minimum atomic E-state index is -0.244. The van der Waals surface area contributed by atoms with Crippen LogP contribution in [0, 0.1) is 5.92 Å². The molecule has 1 aliphatic carbocycles. The average Bonchev–Trinajstić information content (AvgIpc) is 3.39. The van der Waals surface area contributed by atoms with E-state index in [4.69, 9.17) is 13.9 Å². The Bertz CT molecular complexity index is 885. The zero-order valence-corrected chi connectivity index (χ0v) is 17.1. The lowest BCUT2D eigenvalue weighted by Crippen LogP contribution is -2.47. The van der Waals surface area contributed by atoms with Crippen LogP contribution in [0.2, 0.25) is 0 Å². The van der Waals surface area contributed by atoms with Crippen LogP contribution in [0.5, 0.6) is 0 Å². The quantitative estimate of drug-likeness (QED) is 0.631. The van der Waals surface area contributed by atoms with Crippen LogP contribution in [-0.4, -0.2) is 36.2 Å². The summed E-state index contributed by atoms with van der Waals surface area (Å²) in [5, 5.41) is 0. The molecule has 1 saturated carbocycles. The Labute approximate surface area is 172 Å². The van der Waals surface area contributed by atoms with Gasteiger partial charge >= 0.3 is 5.97 Å². The van der Waals surface area contributed by atoms with Crippen molar-refractivity contribution in [2.45, 2.75) is 64.4 Å². The molecule has 0 radical (unpaired) electrons. The number of hydrogen-bond donors (Lipinski definition) is 0. The smallest absolute Gasteiger partial charge is 0.338 e. The van der Waals surface area contributed by atoms with Crippen LogP contribution in [0.15, 0.2) is 34.7 Å². The Morgan fingerprint density at radius 1 is 1.14 bits per heavy atom. The number of cyclic esters (lactones) is 1. The second-order valence-electron chi connectivity index (χ2n) is 8.68. The molecule has 5 heteroatoms. The summed E-state index contributed by atoms with van der Waals surface area (Å²) in [6, 6.07) is 9.90. The molecule has 2 atom stereocenters. The van der Waals surface area contributed by atoms with Gasteiger partial charge in [0, 0.05) is 24.2 Å². The number of nitrogens with zero attached hydrogens (tertiary/aromatic N) is 1. The first-order chi connectivity index (χ1) is 14.2. The molecule has 2 fully saturated rings. The predicted octanol–water partition coefficient (Wildman–Crippen LogP) is 4.79. The van der Waals surface area contributed by atoms with Crippen molar-refractivity contribution in [2.75, 3.05) is 13.1 Å². The van der Waals surface area contributed by atoms with Gasteiger partial charge in [-0.3, -0.25) is 4.90 Å². The van der Waals surface area contributed by atoms with Gasteiger partial charge in [0.05, 0.1) is 24.3 Å². The molecule has 0 amide bonds. The number of fused-ring (bicyclic) bond motifs is 1. The lowest BCUT2D eigenvalue weighted by molar-refractivity contribution is -0.100. The van der Waals surface area contributed by atoms with E-state index in [0.717, 1.165) is 54.6 Å². The van der Waals surface area contributed by atoms with E-state index >= 15 is 0 Å². The number of ether oxygens (including phenoxy) is 2. The van der Waals surface area contributed by atoms with E-state index in [-0.39, 0.29) is 5.97 Å². The first kappa shape index (κ1) is 18.9. The number of carbonyl (C=O) groups is 1. The lowest BCUT2D eigenvalue weighted by Gasteiger charge is -2.38. The molecular weight excluding hydrogens is 366 g/mol. The standard InChI is InChI=1S/C24H29NO4/c1-2-3-4-19-12-25(14-23(29-19)16-5-6-16)13-20-9-10-22(28-20)17-7-8-18-15-27-24(26)21(18)11-17/h7-11,16,19,23H,2-6,12-15H2,1H3/t19-,23-/m1/s1. The van der Waals surface area contributed by atoms with E-state index in [2.05, 4.69) is 17.9 Å². The van der Waals surface area contributed by atoms with Crippen molar-refractivity contribution in [1.29, 1.82) is 0 Å². The fourth-order valence-corrected chi connectivity index (χ4v) is 4.50. The normalized spacial score (nSPS) is 24.5. The fraction of sp³-hybridized carbons (Fsp3) is 0.542. The molecule has 2 aromatic rings. The molecule has 154 valence electrons. The van der Waals surface area contributed by atoms with Crippen molar-refractivity contribution in [3.05, 3.63) is 47.2 Å². The Morgan fingerprint density at radius 3 is 2.86 bits per heavy atom. The molecule has 3 aliphatic rings. The van der Waals surface area contributed by atoms with Crippen LogP contribution in [0.3, 0.4) is 0 Å². The molecule has 0 bridgehead atoms. The second kappa shape index (κ2) is 7.96. The zero-order chi connectivity index (χ0) is 19.8. The molecule has 5 nitrogen and oxygen atoms in total. The van der Waals surface area contributed by atoms with Gasteiger partial charge in [0.15, 0.2) is 0 Å². The van der Waals surface area contributed by atoms with Gasteiger partial charge in [0.25, 0.3) is 0 Å². The number of morpholine rings is 1. The number of carbonyl (C=O) groups excluding carboxylic acids is 1. The fourth-order valence-electron chi connectivity index (χ4n) is 4.50. The highest BCUT2D eigenvalue weighted by atomic mass is 16.5. The Balaban J connectivity index is 1.28. The molecule has 29 heavy (non-hydrogen) atoms. The topological polar surface area (TPSA) is 51.9 Å². The van der Waals surface area contributed by atoms with E-state index in [0.29, 0.717) is 24.4 Å². The van der Waals surface area contributed by atoms with Crippen molar-refractivity contribution in [3.8, 4) is 11.3 Å². The Kier molecular flexibility index (Phi) is 5.18. The number of hydrogen-bond acceptors (Lipinski definition) is 5. The van der Waals surface area contributed by atoms with E-state index in [1.807, 2.05) is 24.3 Å². The SMILES string of the molecule is CCCC[C@@H]1CN(Cc2ccc(-c3ccc4c(c3)C(=O)OC4)o2)C[C@H](C2CC2)O1. The Hall–Kier alpha value is -2.11. The second-order valence-corrected chi connectivity index (χ2v) is 8.68. The first-order valence-electron chi connectivity index (χ1n) is 11.0. The highest BCUT2D eigenvalue weighted by molar-refractivity contribution is 5.94. The lowest BCUT2D eigenvalue weighted by atomic mass is 10.0. The average molecular weight is 395 g/mol. The summed E-state index contributed by atoms with van der Waals surface area (Å²) in [5.41, 5.74) is 2.52. The van der Waals surface area contributed by atoms with Crippen molar-refractivity contribution >= 4 is 5.97 Å². The zero-order valence-electron chi connectivity index (χ0n) is 17.1. The van der Waals surface area contributed by atoms with Crippen LogP contribution >= 0.6 is 0 Å². The third kappa shape index (κ3) is 4.12. The highest BCUT2D eigenvalue weighted by Crippen LogP contribution is 2.37. The number of furan rings is 1. The van der Waals surface area contributed by atoms with Crippen LogP contribution in [0.4, 0.5) is 0 Å². The van der Waals surface area contributed by atoms with E-state index in [1.165, 1.54) is 25.7 Å². The summed E-state index contributed by atoms with van der Waals surface area (Å²) in [6.45, 7) is 5.39. The summed E-state index contributed by atoms with van der Waals surface area (Å²) in [5.74, 6) is 2.28. The highest BCUT2D eigenvalue weighted by Gasteiger charge is 2.38. The molecular formula is C24H29NO4. The van der Waals surface area contributed by atoms with Crippen molar-refractivity contribution in [2.24, 2.45) is 5.92 Å². The third-order valence-corrected chi connectivity index (χ3v) is 6.31. The van der Waals surface area contributed by atoms with E-state index < -0.39 is 0 Å². The number of benzene rings is 1. The van der Waals surface area contributed by atoms with Crippen LogP contribution < -0.4 is 0 Å². The van der Waals surface area contributed by atoms with Crippen LogP contribution in [0.1, 0.15) is 60.7 Å². The molecule has 1 aromatic heterocycles. The van der Waals surface area contributed by atoms with Gasteiger partial charge in [0.1, 0.15) is 18.1 Å². The molecule has 0 unspecified atom stereocenters. The van der Waals surface area contributed by atoms with Gasteiger partial charge in [-0.15, -0.1) is 0 Å². The van der Waals surface area contributed by atoms with Crippen molar-refractivity contribution in [1.82, 2.24) is 4.90 Å². The summed E-state index contributed by atoms with van der Waals surface area (Å²) in [6.07, 6.45) is 6.92. The molecule has 2 aliphatic heterocycles. The van der Waals surface area contributed by atoms with Gasteiger partial charge in [-0.2, -0.15) is 0 Å². The first-order valence-corrected chi connectivity index (χ1v) is 11.0. The minimum Gasteiger partial charge on any atom is -0.460 e. The predicted molar refractivity (Wildman–Crippen MR) is 109 cm³/mol. The third-order valence-electron chi connectivity index (χ3n) is 6.31. The largest absolute Gasteiger partial charge is 0.460 e. The summed E-state index contributed by atoms with van der Waals surface area (Å²) < 4.78 is 17.7. The maximum absolute atomic E-state index is 11.8. The number of unbranched alkanes of at least 4 members (excludes halogenated alkanes) is 1. The molecule has 1 aromatic carbocycles. The van der Waals surface area contributed by atoms with Gasteiger partial charge in [-0.25, -0.2) is 4.79 Å². The number of esters is 1.